The van der Waals surface area contributed by atoms with E-state index < -0.39 is 16.4 Å². The van der Waals surface area contributed by atoms with Gasteiger partial charge in [0.15, 0.2) is 17.8 Å². The number of hydrogen-bond donors (Lipinski definition) is 2. The van der Waals surface area contributed by atoms with Gasteiger partial charge in [0, 0.05) is 0 Å². The molecule has 0 spiro atoms. The molecule has 1 rings (SSSR count). The highest BCUT2D eigenvalue weighted by atomic mass is 32.2. The summed E-state index contributed by atoms with van der Waals surface area (Å²) in [4.78, 5) is 0. The number of para-hydroxylation sites is 2. The van der Waals surface area contributed by atoms with Crippen LogP contribution in [0.4, 0.5) is 0 Å². The second-order valence-electron chi connectivity index (χ2n) is 3.33. The van der Waals surface area contributed by atoms with Crippen molar-refractivity contribution in [1.29, 1.82) is 0 Å². The Morgan fingerprint density at radius 2 is 1.72 bits per heavy atom. The van der Waals surface area contributed by atoms with Gasteiger partial charge in [0.25, 0.3) is 10.1 Å². The average molecular weight is 278 g/mol. The SMILES string of the molecule is CCOc1ccccc1OC(C)O.CS(=O)(=O)O. The van der Waals surface area contributed by atoms with Crippen molar-refractivity contribution in [2.24, 2.45) is 0 Å². The standard InChI is InChI=1S/C10H14O3.CH4O3S/c1-3-12-9-6-4-5-7-10(9)13-8(2)11;1-5(2,3)4/h4-8,11H,3H2,1-2H3;1H3,(H,2,3,4). The van der Waals surface area contributed by atoms with E-state index in [4.69, 9.17) is 19.1 Å². The lowest BCUT2D eigenvalue weighted by Gasteiger charge is -2.12. The predicted octanol–water partition coefficient (Wildman–Crippen LogP) is 1.31. The van der Waals surface area contributed by atoms with Gasteiger partial charge in [-0.05, 0) is 26.0 Å². The topological polar surface area (TPSA) is 93.1 Å². The summed E-state index contributed by atoms with van der Waals surface area (Å²) < 4.78 is 36.3. The smallest absolute Gasteiger partial charge is 0.261 e. The number of rotatable bonds is 4. The van der Waals surface area contributed by atoms with Crippen molar-refractivity contribution in [3.8, 4) is 11.5 Å². The zero-order valence-electron chi connectivity index (χ0n) is 10.5. The highest BCUT2D eigenvalue weighted by Crippen LogP contribution is 2.26. The van der Waals surface area contributed by atoms with Crippen LogP contribution in [0.2, 0.25) is 0 Å². The first-order valence-electron chi connectivity index (χ1n) is 5.23. The lowest BCUT2D eigenvalue weighted by Crippen LogP contribution is -2.10. The fraction of sp³-hybridized carbons (Fsp3) is 0.455. The van der Waals surface area contributed by atoms with Crippen molar-refractivity contribution in [1.82, 2.24) is 0 Å². The van der Waals surface area contributed by atoms with E-state index >= 15 is 0 Å². The minimum absolute atomic E-state index is 0.569. The number of hydrogen-bond acceptors (Lipinski definition) is 5. The first-order valence-corrected chi connectivity index (χ1v) is 7.08. The first-order chi connectivity index (χ1) is 8.24. The lowest BCUT2D eigenvalue weighted by molar-refractivity contribution is -0.00239. The highest BCUT2D eigenvalue weighted by molar-refractivity contribution is 7.85. The van der Waals surface area contributed by atoms with Crippen LogP contribution < -0.4 is 9.47 Å². The molecule has 6 nitrogen and oxygen atoms in total. The summed E-state index contributed by atoms with van der Waals surface area (Å²) in [5.74, 6) is 1.23. The van der Waals surface area contributed by atoms with Gasteiger partial charge in [0.05, 0.1) is 12.9 Å². The average Bonchev–Trinajstić information content (AvgIpc) is 2.18. The third kappa shape index (κ3) is 9.88. The molecule has 104 valence electrons. The van der Waals surface area contributed by atoms with Crippen molar-refractivity contribution in [3.63, 3.8) is 0 Å². The molecule has 0 fully saturated rings. The molecule has 0 aliphatic rings. The Kier molecular flexibility index (Phi) is 7.33. The Bertz CT molecular complexity index is 433. The van der Waals surface area contributed by atoms with Crippen LogP contribution >= 0.6 is 0 Å². The second kappa shape index (κ2) is 7.91. The van der Waals surface area contributed by atoms with Crippen LogP contribution in [0.1, 0.15) is 13.8 Å². The van der Waals surface area contributed by atoms with Crippen LogP contribution in [0, 0.1) is 0 Å². The largest absolute Gasteiger partial charge is 0.490 e. The molecular weight excluding hydrogens is 260 g/mol. The van der Waals surface area contributed by atoms with E-state index in [-0.39, 0.29) is 0 Å². The molecule has 0 aliphatic heterocycles. The minimum Gasteiger partial charge on any atom is -0.490 e. The van der Waals surface area contributed by atoms with E-state index in [1.54, 1.807) is 19.1 Å². The second-order valence-corrected chi connectivity index (χ2v) is 4.80. The molecule has 0 aromatic heterocycles. The summed E-state index contributed by atoms with van der Waals surface area (Å²) in [5, 5.41) is 9.02. The van der Waals surface area contributed by atoms with Gasteiger partial charge in [-0.1, -0.05) is 12.1 Å². The molecule has 1 aromatic carbocycles. The van der Waals surface area contributed by atoms with Gasteiger partial charge in [0.2, 0.25) is 0 Å². The summed E-state index contributed by atoms with van der Waals surface area (Å²) in [6.07, 6.45) is -0.103. The molecule has 0 heterocycles. The van der Waals surface area contributed by atoms with Crippen molar-refractivity contribution in [3.05, 3.63) is 24.3 Å². The Labute approximate surface area is 107 Å². The maximum Gasteiger partial charge on any atom is 0.261 e. The summed E-state index contributed by atoms with van der Waals surface area (Å²) in [7, 11) is -3.67. The summed E-state index contributed by atoms with van der Waals surface area (Å²) in [6.45, 7) is 4.04. The van der Waals surface area contributed by atoms with E-state index in [2.05, 4.69) is 0 Å². The molecule has 0 radical (unpaired) electrons. The lowest BCUT2D eigenvalue weighted by atomic mass is 10.3. The van der Waals surface area contributed by atoms with Crippen molar-refractivity contribution in [2.75, 3.05) is 12.9 Å². The molecule has 0 saturated heterocycles. The summed E-state index contributed by atoms with van der Waals surface area (Å²) in [6, 6.07) is 7.26. The van der Waals surface area contributed by atoms with Crippen LogP contribution in [-0.4, -0.2) is 37.2 Å². The molecule has 2 N–H and O–H groups in total. The van der Waals surface area contributed by atoms with Crippen LogP contribution in [0.5, 0.6) is 11.5 Å². The monoisotopic (exact) mass is 278 g/mol. The van der Waals surface area contributed by atoms with E-state index in [1.807, 2.05) is 19.1 Å². The predicted molar refractivity (Wildman–Crippen MR) is 67.4 cm³/mol. The molecular formula is C11H18O6S. The summed E-state index contributed by atoms with van der Waals surface area (Å²) >= 11 is 0. The first kappa shape index (κ1) is 16.7. The normalized spacial score (nSPS) is 12.1. The van der Waals surface area contributed by atoms with Crippen LogP contribution in [0.25, 0.3) is 0 Å². The Hall–Kier alpha value is -1.31. The van der Waals surface area contributed by atoms with Gasteiger partial charge in [-0.3, -0.25) is 4.55 Å². The van der Waals surface area contributed by atoms with Gasteiger partial charge >= 0.3 is 0 Å². The third-order valence-electron chi connectivity index (χ3n) is 1.45. The van der Waals surface area contributed by atoms with Crippen molar-refractivity contribution in [2.45, 2.75) is 20.1 Å². The number of ether oxygens (including phenoxy) is 2. The molecule has 18 heavy (non-hydrogen) atoms. The fourth-order valence-electron chi connectivity index (χ4n) is 1.01. The Morgan fingerprint density at radius 1 is 1.28 bits per heavy atom. The number of benzene rings is 1. The van der Waals surface area contributed by atoms with E-state index in [0.29, 0.717) is 24.4 Å². The summed E-state index contributed by atoms with van der Waals surface area (Å²) in [5.41, 5.74) is 0. The van der Waals surface area contributed by atoms with Gasteiger partial charge in [-0.2, -0.15) is 8.42 Å². The van der Waals surface area contributed by atoms with Gasteiger partial charge in [-0.25, -0.2) is 0 Å². The van der Waals surface area contributed by atoms with Gasteiger partial charge in [-0.15, -0.1) is 0 Å². The molecule has 0 aliphatic carbocycles. The van der Waals surface area contributed by atoms with Crippen LogP contribution in [-0.2, 0) is 10.1 Å². The van der Waals surface area contributed by atoms with E-state index in [1.165, 1.54) is 0 Å². The zero-order chi connectivity index (χ0) is 14.2. The maximum absolute atomic E-state index is 9.19. The van der Waals surface area contributed by atoms with Crippen molar-refractivity contribution < 1.29 is 27.6 Å². The Morgan fingerprint density at radius 3 is 2.11 bits per heavy atom. The number of aliphatic hydroxyl groups excluding tert-OH is 1. The maximum atomic E-state index is 9.19. The quantitative estimate of drug-likeness (QED) is 0.637. The fourth-order valence-corrected chi connectivity index (χ4v) is 1.01. The van der Waals surface area contributed by atoms with Gasteiger partial charge < -0.3 is 14.6 Å². The van der Waals surface area contributed by atoms with Crippen molar-refractivity contribution >= 4 is 10.1 Å². The molecule has 1 aromatic rings. The molecule has 1 atom stereocenters. The van der Waals surface area contributed by atoms with Crippen LogP contribution in [0.15, 0.2) is 24.3 Å². The molecule has 1 unspecified atom stereocenters. The molecule has 0 amide bonds. The Balaban J connectivity index is 0.000000494. The van der Waals surface area contributed by atoms with Crippen LogP contribution in [0.3, 0.4) is 0 Å². The van der Waals surface area contributed by atoms with E-state index in [0.717, 1.165) is 0 Å². The molecule has 0 bridgehead atoms. The molecule has 7 heteroatoms. The minimum atomic E-state index is -3.67. The zero-order valence-corrected chi connectivity index (χ0v) is 11.3. The molecule has 0 saturated carbocycles. The van der Waals surface area contributed by atoms with E-state index in [9.17, 15) is 8.42 Å². The highest BCUT2D eigenvalue weighted by Gasteiger charge is 2.05. The number of aliphatic hydroxyl groups is 1. The van der Waals surface area contributed by atoms with Gasteiger partial charge in [0.1, 0.15) is 0 Å². The third-order valence-corrected chi connectivity index (χ3v) is 1.45.